The third kappa shape index (κ3) is 3.23. The molecule has 1 rings (SSSR count). The fourth-order valence-corrected chi connectivity index (χ4v) is 1.45. The summed E-state index contributed by atoms with van der Waals surface area (Å²) in [6, 6.07) is 0. The lowest BCUT2D eigenvalue weighted by molar-refractivity contribution is 0.283. The Kier molecular flexibility index (Phi) is 4.78. The number of nitrogens with one attached hydrogen (secondary N) is 1. The SMILES string of the molecule is CN(CCCCCO)c1nc[nH]c(=O)c1N. The fraction of sp³-hybridized carbons (Fsp3) is 0.600. The van der Waals surface area contributed by atoms with Crippen molar-refractivity contribution in [1.82, 2.24) is 9.97 Å². The van der Waals surface area contributed by atoms with Crippen LogP contribution in [0.1, 0.15) is 19.3 Å². The maximum absolute atomic E-state index is 11.2. The summed E-state index contributed by atoms with van der Waals surface area (Å²) in [5, 5.41) is 8.64. The molecule has 0 aliphatic heterocycles. The van der Waals surface area contributed by atoms with Gasteiger partial charge in [0.05, 0.1) is 6.33 Å². The predicted octanol–water partition coefficient (Wildman–Crippen LogP) is -0.0491. The molecule has 0 amide bonds. The van der Waals surface area contributed by atoms with Crippen LogP contribution in [0.15, 0.2) is 11.1 Å². The third-order valence-corrected chi connectivity index (χ3v) is 2.38. The second kappa shape index (κ2) is 6.12. The molecule has 0 fully saturated rings. The molecule has 0 spiro atoms. The van der Waals surface area contributed by atoms with Crippen LogP contribution in [-0.2, 0) is 0 Å². The van der Waals surface area contributed by atoms with Gasteiger partial charge in [0, 0.05) is 20.2 Å². The van der Waals surface area contributed by atoms with E-state index in [0.717, 1.165) is 25.8 Å². The second-order valence-corrected chi connectivity index (χ2v) is 3.67. The van der Waals surface area contributed by atoms with Crippen molar-refractivity contribution in [2.75, 3.05) is 30.8 Å². The molecular weight excluding hydrogens is 208 g/mol. The molecule has 0 saturated heterocycles. The largest absolute Gasteiger partial charge is 0.396 e. The molecule has 0 aliphatic carbocycles. The van der Waals surface area contributed by atoms with Crippen LogP contribution >= 0.6 is 0 Å². The van der Waals surface area contributed by atoms with E-state index in [9.17, 15) is 4.79 Å². The molecule has 1 aromatic heterocycles. The van der Waals surface area contributed by atoms with Crippen LogP contribution in [0.4, 0.5) is 11.5 Å². The number of rotatable bonds is 6. The lowest BCUT2D eigenvalue weighted by atomic mass is 10.2. The maximum atomic E-state index is 11.2. The number of H-pyrrole nitrogens is 1. The number of aliphatic hydroxyl groups is 1. The highest BCUT2D eigenvalue weighted by molar-refractivity contribution is 5.60. The van der Waals surface area contributed by atoms with Crippen LogP contribution < -0.4 is 16.2 Å². The van der Waals surface area contributed by atoms with Crippen molar-refractivity contribution in [2.24, 2.45) is 0 Å². The van der Waals surface area contributed by atoms with Crippen LogP contribution in [0.2, 0.25) is 0 Å². The number of anilines is 2. The summed E-state index contributed by atoms with van der Waals surface area (Å²) in [7, 11) is 1.84. The maximum Gasteiger partial charge on any atom is 0.276 e. The third-order valence-electron chi connectivity index (χ3n) is 2.38. The molecule has 0 aliphatic rings. The van der Waals surface area contributed by atoms with Gasteiger partial charge in [-0.3, -0.25) is 4.79 Å². The number of aromatic nitrogens is 2. The minimum atomic E-state index is -0.313. The second-order valence-electron chi connectivity index (χ2n) is 3.67. The zero-order valence-corrected chi connectivity index (χ0v) is 9.44. The Bertz CT molecular complexity index is 377. The van der Waals surface area contributed by atoms with Crippen molar-refractivity contribution in [2.45, 2.75) is 19.3 Å². The van der Waals surface area contributed by atoms with Gasteiger partial charge < -0.3 is 20.7 Å². The van der Waals surface area contributed by atoms with Crippen molar-refractivity contribution in [3.63, 3.8) is 0 Å². The number of hydrogen-bond donors (Lipinski definition) is 3. The van der Waals surface area contributed by atoms with Crippen LogP contribution in [0.3, 0.4) is 0 Å². The summed E-state index contributed by atoms with van der Waals surface area (Å²) < 4.78 is 0. The van der Waals surface area contributed by atoms with Gasteiger partial charge in [-0.15, -0.1) is 0 Å². The van der Waals surface area contributed by atoms with E-state index in [4.69, 9.17) is 10.8 Å². The first kappa shape index (κ1) is 12.5. The first-order chi connectivity index (χ1) is 7.66. The molecule has 0 bridgehead atoms. The highest BCUT2D eigenvalue weighted by atomic mass is 16.2. The van der Waals surface area contributed by atoms with Crippen LogP contribution in [0.5, 0.6) is 0 Å². The number of hydrogen-bond acceptors (Lipinski definition) is 5. The summed E-state index contributed by atoms with van der Waals surface area (Å²) in [5.41, 5.74) is 5.46. The molecule has 6 heteroatoms. The minimum Gasteiger partial charge on any atom is -0.396 e. The molecular formula is C10H18N4O2. The van der Waals surface area contributed by atoms with E-state index in [0.29, 0.717) is 5.82 Å². The first-order valence-corrected chi connectivity index (χ1v) is 5.32. The number of nitrogens with two attached hydrogens (primary N) is 1. The lowest BCUT2D eigenvalue weighted by Gasteiger charge is -2.18. The molecule has 0 atom stereocenters. The molecule has 1 heterocycles. The van der Waals surface area contributed by atoms with Crippen molar-refractivity contribution >= 4 is 11.5 Å². The minimum absolute atomic E-state index is 0.146. The zero-order chi connectivity index (χ0) is 12.0. The van der Waals surface area contributed by atoms with Gasteiger partial charge in [0.1, 0.15) is 5.69 Å². The number of unbranched alkanes of at least 4 members (excludes halogenated alkanes) is 2. The first-order valence-electron chi connectivity index (χ1n) is 5.32. The predicted molar refractivity (Wildman–Crippen MR) is 63.5 cm³/mol. The Hall–Kier alpha value is -1.56. The highest BCUT2D eigenvalue weighted by Crippen LogP contribution is 2.13. The molecule has 0 unspecified atom stereocenters. The van der Waals surface area contributed by atoms with Gasteiger partial charge in [-0.05, 0) is 19.3 Å². The summed E-state index contributed by atoms with van der Waals surface area (Å²) in [5.74, 6) is 0.507. The Labute approximate surface area is 94.1 Å². The number of aliphatic hydroxyl groups excluding tert-OH is 1. The standard InChI is InChI=1S/C10H18N4O2/c1-14(5-3-2-4-6-15)9-8(11)10(16)13-7-12-9/h7,15H,2-6,11H2,1H3,(H,12,13,16). The average Bonchev–Trinajstić information content (AvgIpc) is 2.28. The van der Waals surface area contributed by atoms with Crippen molar-refractivity contribution in [3.05, 3.63) is 16.7 Å². The average molecular weight is 226 g/mol. The van der Waals surface area contributed by atoms with E-state index in [-0.39, 0.29) is 17.9 Å². The van der Waals surface area contributed by atoms with Crippen molar-refractivity contribution in [1.29, 1.82) is 0 Å². The molecule has 90 valence electrons. The number of nitrogen functional groups attached to an aromatic ring is 1. The van der Waals surface area contributed by atoms with Gasteiger partial charge in [0.2, 0.25) is 0 Å². The lowest BCUT2D eigenvalue weighted by Crippen LogP contribution is -2.25. The van der Waals surface area contributed by atoms with Gasteiger partial charge in [0.25, 0.3) is 5.56 Å². The summed E-state index contributed by atoms with van der Waals surface area (Å²) in [6.07, 6.45) is 4.03. The summed E-state index contributed by atoms with van der Waals surface area (Å²) in [4.78, 5) is 19.5. The Morgan fingerprint density at radius 3 is 2.94 bits per heavy atom. The van der Waals surface area contributed by atoms with Gasteiger partial charge in [0.15, 0.2) is 5.82 Å². The Morgan fingerprint density at radius 2 is 2.25 bits per heavy atom. The van der Waals surface area contributed by atoms with Crippen LogP contribution in [0, 0.1) is 0 Å². The van der Waals surface area contributed by atoms with Gasteiger partial charge in [-0.25, -0.2) is 4.98 Å². The van der Waals surface area contributed by atoms with Gasteiger partial charge in [-0.1, -0.05) is 0 Å². The van der Waals surface area contributed by atoms with E-state index in [1.807, 2.05) is 11.9 Å². The van der Waals surface area contributed by atoms with Gasteiger partial charge in [-0.2, -0.15) is 0 Å². The van der Waals surface area contributed by atoms with Crippen LogP contribution in [-0.4, -0.2) is 35.3 Å². The highest BCUT2D eigenvalue weighted by Gasteiger charge is 2.08. The van der Waals surface area contributed by atoms with E-state index in [1.54, 1.807) is 0 Å². The Balaban J connectivity index is 2.56. The van der Waals surface area contributed by atoms with E-state index in [2.05, 4.69) is 9.97 Å². The molecule has 0 saturated carbocycles. The monoisotopic (exact) mass is 226 g/mol. The molecule has 1 aromatic rings. The quantitative estimate of drug-likeness (QED) is 0.591. The molecule has 16 heavy (non-hydrogen) atoms. The van der Waals surface area contributed by atoms with E-state index in [1.165, 1.54) is 6.33 Å². The Morgan fingerprint density at radius 1 is 1.50 bits per heavy atom. The molecule has 6 nitrogen and oxygen atoms in total. The molecule has 0 aromatic carbocycles. The fourth-order valence-electron chi connectivity index (χ4n) is 1.45. The molecule has 0 radical (unpaired) electrons. The van der Waals surface area contributed by atoms with E-state index >= 15 is 0 Å². The summed E-state index contributed by atoms with van der Waals surface area (Å²) in [6.45, 7) is 0.982. The van der Waals surface area contributed by atoms with Gasteiger partial charge >= 0.3 is 0 Å². The summed E-state index contributed by atoms with van der Waals surface area (Å²) >= 11 is 0. The van der Waals surface area contributed by atoms with Crippen LogP contribution in [0.25, 0.3) is 0 Å². The number of nitrogens with zero attached hydrogens (tertiary/aromatic N) is 2. The van der Waals surface area contributed by atoms with Crippen molar-refractivity contribution < 1.29 is 5.11 Å². The van der Waals surface area contributed by atoms with E-state index < -0.39 is 0 Å². The smallest absolute Gasteiger partial charge is 0.276 e. The number of aromatic amines is 1. The zero-order valence-electron chi connectivity index (χ0n) is 9.44. The van der Waals surface area contributed by atoms with Crippen molar-refractivity contribution in [3.8, 4) is 0 Å². The normalized spacial score (nSPS) is 10.4. The topological polar surface area (TPSA) is 95.2 Å². The molecule has 4 N–H and O–H groups in total.